The van der Waals surface area contributed by atoms with Crippen molar-refractivity contribution < 1.29 is 14.7 Å². The van der Waals surface area contributed by atoms with Crippen LogP contribution in [0.5, 0.6) is 0 Å². The van der Waals surface area contributed by atoms with E-state index in [1.807, 2.05) is 30.3 Å². The number of aliphatic carboxylic acids is 1. The van der Waals surface area contributed by atoms with Gasteiger partial charge in [-0.3, -0.25) is 14.8 Å². The predicted octanol–water partition coefficient (Wildman–Crippen LogP) is 3.93. The second-order valence-electron chi connectivity index (χ2n) is 6.85. The Balaban J connectivity index is 1.49. The molecule has 0 bridgehead atoms. The number of benzene rings is 2. The second kappa shape index (κ2) is 9.44. The third-order valence-electron chi connectivity index (χ3n) is 4.74. The Morgan fingerprint density at radius 1 is 1.16 bits per heavy atom. The highest BCUT2D eigenvalue weighted by Gasteiger charge is 2.22. The number of carboxylic acid groups (broad SMARTS) is 1. The number of hydrogen-bond donors (Lipinski definition) is 3. The molecule has 32 heavy (non-hydrogen) atoms. The number of aromatic nitrogens is 3. The van der Waals surface area contributed by atoms with Gasteiger partial charge < -0.3 is 15.4 Å². The van der Waals surface area contributed by atoms with Gasteiger partial charge in [0.1, 0.15) is 11.9 Å². The van der Waals surface area contributed by atoms with Gasteiger partial charge in [0, 0.05) is 34.2 Å². The average molecular weight is 446 g/mol. The molecule has 9 heteroatoms. The molecule has 0 saturated heterocycles. The number of carbonyl (C=O) groups is 2. The number of amides is 1. The molecule has 2 aromatic carbocycles. The minimum atomic E-state index is -1.11. The number of thioether (sulfide) groups is 1. The number of carboxylic acids is 1. The van der Waals surface area contributed by atoms with E-state index in [-0.39, 0.29) is 5.75 Å². The normalized spacial score (nSPS) is 11.8. The number of carbonyl (C=O) groups excluding carboxylic acids is 1. The molecule has 0 unspecified atom stereocenters. The molecule has 2 heterocycles. The minimum absolute atomic E-state index is 0.145. The summed E-state index contributed by atoms with van der Waals surface area (Å²) in [6, 6.07) is 14.9. The van der Waals surface area contributed by atoms with Crippen LogP contribution in [0, 0.1) is 0 Å². The molecule has 1 atom stereocenters. The number of imidazole rings is 1. The summed E-state index contributed by atoms with van der Waals surface area (Å²) in [7, 11) is 0. The molecule has 4 rings (SSSR count). The molecule has 0 radical (unpaired) electrons. The number of fused-ring (bicyclic) bond motifs is 1. The van der Waals surface area contributed by atoms with Crippen LogP contribution in [0.25, 0.3) is 22.4 Å². The molecule has 0 aliphatic rings. The molecule has 0 fully saturated rings. The summed E-state index contributed by atoms with van der Waals surface area (Å²) in [4.78, 5) is 40.9. The molecule has 3 N–H and O–H groups in total. The van der Waals surface area contributed by atoms with E-state index in [1.54, 1.807) is 36.7 Å². The topological polar surface area (TPSA) is 120 Å². The van der Waals surface area contributed by atoms with Gasteiger partial charge in [0.25, 0.3) is 5.91 Å². The summed E-state index contributed by atoms with van der Waals surface area (Å²) in [6.45, 7) is 3.53. The first-order valence-corrected chi connectivity index (χ1v) is 10.7. The molecule has 160 valence electrons. The van der Waals surface area contributed by atoms with Crippen molar-refractivity contribution in [2.75, 3.05) is 5.75 Å². The predicted molar refractivity (Wildman–Crippen MR) is 125 cm³/mol. The van der Waals surface area contributed by atoms with Crippen molar-refractivity contribution in [3.05, 3.63) is 72.6 Å². The Bertz CT molecular complexity index is 1290. The summed E-state index contributed by atoms with van der Waals surface area (Å²) in [5, 5.41) is 12.2. The molecule has 1 amide bonds. The number of rotatable bonds is 8. The van der Waals surface area contributed by atoms with Crippen molar-refractivity contribution in [1.82, 2.24) is 20.3 Å². The van der Waals surface area contributed by atoms with E-state index in [4.69, 9.17) is 0 Å². The van der Waals surface area contributed by atoms with Crippen LogP contribution in [0.15, 0.2) is 76.9 Å². The summed E-state index contributed by atoms with van der Waals surface area (Å²) in [6.07, 6.45) is 3.35. The van der Waals surface area contributed by atoms with Gasteiger partial charge in [-0.2, -0.15) is 0 Å². The van der Waals surface area contributed by atoms with E-state index in [2.05, 4.69) is 32.0 Å². The summed E-state index contributed by atoms with van der Waals surface area (Å²) in [5.74, 6) is -0.784. The largest absolute Gasteiger partial charge is 0.480 e. The van der Waals surface area contributed by atoms with Gasteiger partial charge in [-0.1, -0.05) is 12.1 Å². The number of para-hydroxylation sites is 1. The highest BCUT2D eigenvalue weighted by molar-refractivity contribution is 7.99. The van der Waals surface area contributed by atoms with Gasteiger partial charge in [-0.25, -0.2) is 9.78 Å². The first-order chi connectivity index (χ1) is 15.5. The fourth-order valence-corrected chi connectivity index (χ4v) is 4.12. The van der Waals surface area contributed by atoms with Crippen molar-refractivity contribution >= 4 is 47.1 Å². The van der Waals surface area contributed by atoms with E-state index in [9.17, 15) is 14.7 Å². The maximum atomic E-state index is 12.8. The van der Waals surface area contributed by atoms with Crippen LogP contribution in [0.4, 0.5) is 5.69 Å². The molecular weight excluding hydrogens is 426 g/mol. The van der Waals surface area contributed by atoms with Crippen LogP contribution < -0.4 is 5.32 Å². The van der Waals surface area contributed by atoms with Crippen LogP contribution in [-0.2, 0) is 4.79 Å². The number of nitrogens with zero attached hydrogens (tertiary/aromatic N) is 3. The molecule has 0 aliphatic heterocycles. The Kier molecular flexibility index (Phi) is 6.27. The Morgan fingerprint density at radius 2 is 1.94 bits per heavy atom. The fourth-order valence-electron chi connectivity index (χ4n) is 3.10. The van der Waals surface area contributed by atoms with Crippen LogP contribution >= 0.6 is 11.8 Å². The molecule has 0 aliphatic carbocycles. The van der Waals surface area contributed by atoms with Crippen LogP contribution in [0.2, 0.25) is 0 Å². The SMILES string of the molecule is C=Nc1ccccc1SC[C@H](NC(=O)c1ccc2nc(-c3ccncc3)[nH]c2c1)C(=O)O. The first kappa shape index (κ1) is 21.3. The standard InChI is InChI=1S/C23H19N5O3S/c1-24-17-4-2-3-5-20(17)32-13-19(23(30)31)28-22(29)15-6-7-16-18(12-15)27-21(26-16)14-8-10-25-11-9-14/h2-12,19H,1,13H2,(H,26,27)(H,28,29)(H,30,31)/t19-/m0/s1. The monoisotopic (exact) mass is 445 g/mol. The lowest BCUT2D eigenvalue weighted by Gasteiger charge is -2.15. The maximum Gasteiger partial charge on any atom is 0.327 e. The minimum Gasteiger partial charge on any atom is -0.480 e. The summed E-state index contributed by atoms with van der Waals surface area (Å²) < 4.78 is 0. The van der Waals surface area contributed by atoms with Gasteiger partial charge in [0.15, 0.2) is 0 Å². The molecule has 0 saturated carbocycles. The average Bonchev–Trinajstić information content (AvgIpc) is 3.25. The van der Waals surface area contributed by atoms with E-state index in [0.29, 0.717) is 28.1 Å². The van der Waals surface area contributed by atoms with Crippen molar-refractivity contribution in [1.29, 1.82) is 0 Å². The Hall–Kier alpha value is -3.98. The van der Waals surface area contributed by atoms with E-state index >= 15 is 0 Å². The lowest BCUT2D eigenvalue weighted by atomic mass is 10.2. The second-order valence-corrected chi connectivity index (χ2v) is 7.92. The summed E-state index contributed by atoms with van der Waals surface area (Å²) in [5.41, 5.74) is 3.26. The summed E-state index contributed by atoms with van der Waals surface area (Å²) >= 11 is 1.30. The lowest BCUT2D eigenvalue weighted by molar-refractivity contribution is -0.138. The van der Waals surface area contributed by atoms with Gasteiger partial charge >= 0.3 is 5.97 Å². The van der Waals surface area contributed by atoms with Crippen molar-refractivity contribution in [2.45, 2.75) is 10.9 Å². The lowest BCUT2D eigenvalue weighted by Crippen LogP contribution is -2.42. The fraction of sp³-hybridized carbons (Fsp3) is 0.0870. The van der Waals surface area contributed by atoms with Gasteiger partial charge in [0.2, 0.25) is 0 Å². The number of nitrogens with one attached hydrogen (secondary N) is 2. The van der Waals surface area contributed by atoms with E-state index in [1.165, 1.54) is 11.8 Å². The first-order valence-electron chi connectivity index (χ1n) is 9.67. The van der Waals surface area contributed by atoms with Gasteiger partial charge in [0.05, 0.1) is 16.7 Å². The Labute approximate surface area is 187 Å². The molecular formula is C23H19N5O3S. The zero-order valence-electron chi connectivity index (χ0n) is 16.9. The number of hydrogen-bond acceptors (Lipinski definition) is 6. The zero-order chi connectivity index (χ0) is 22.5. The quantitative estimate of drug-likeness (QED) is 0.279. The molecule has 2 aromatic heterocycles. The number of pyridine rings is 1. The Morgan fingerprint density at radius 3 is 2.69 bits per heavy atom. The molecule has 8 nitrogen and oxygen atoms in total. The van der Waals surface area contributed by atoms with E-state index < -0.39 is 17.9 Å². The molecule has 4 aromatic rings. The number of aromatic amines is 1. The van der Waals surface area contributed by atoms with Crippen LogP contribution in [0.1, 0.15) is 10.4 Å². The molecule has 0 spiro atoms. The van der Waals surface area contributed by atoms with E-state index in [0.717, 1.165) is 10.5 Å². The van der Waals surface area contributed by atoms with Crippen LogP contribution in [0.3, 0.4) is 0 Å². The highest BCUT2D eigenvalue weighted by atomic mass is 32.2. The number of aliphatic imine (C=N–C) groups is 1. The third-order valence-corrected chi connectivity index (χ3v) is 5.90. The van der Waals surface area contributed by atoms with Crippen molar-refractivity contribution in [3.8, 4) is 11.4 Å². The van der Waals surface area contributed by atoms with Crippen LogP contribution in [-0.4, -0.2) is 50.4 Å². The van der Waals surface area contributed by atoms with Crippen molar-refractivity contribution in [2.24, 2.45) is 4.99 Å². The zero-order valence-corrected chi connectivity index (χ0v) is 17.7. The van der Waals surface area contributed by atoms with Gasteiger partial charge in [-0.05, 0) is 49.2 Å². The number of H-pyrrole nitrogens is 1. The van der Waals surface area contributed by atoms with Gasteiger partial charge in [-0.15, -0.1) is 11.8 Å². The highest BCUT2D eigenvalue weighted by Crippen LogP contribution is 2.29. The maximum absolute atomic E-state index is 12.8. The smallest absolute Gasteiger partial charge is 0.327 e. The third kappa shape index (κ3) is 4.68. The van der Waals surface area contributed by atoms with Crippen molar-refractivity contribution in [3.63, 3.8) is 0 Å².